The van der Waals surface area contributed by atoms with Crippen LogP contribution in [0.4, 0.5) is 5.82 Å². The van der Waals surface area contributed by atoms with Crippen molar-refractivity contribution in [2.45, 2.75) is 6.92 Å². The second kappa shape index (κ2) is 3.67. The smallest absolute Gasteiger partial charge is 0.165 e. The maximum atomic E-state index is 10.2. The minimum Gasteiger partial charge on any atom is -0.338 e. The van der Waals surface area contributed by atoms with E-state index >= 15 is 0 Å². The molecular weight excluding hydrogens is 152 g/mol. The van der Waals surface area contributed by atoms with Crippen LogP contribution >= 0.6 is 0 Å². The quantitative estimate of drug-likeness (QED) is 0.541. The van der Waals surface area contributed by atoms with Crippen LogP contribution < -0.4 is 5.32 Å². The Morgan fingerprint density at radius 1 is 1.67 bits per heavy atom. The van der Waals surface area contributed by atoms with Gasteiger partial charge in [0.1, 0.15) is 5.82 Å². The van der Waals surface area contributed by atoms with E-state index in [0.29, 0.717) is 17.8 Å². The Morgan fingerprint density at radius 2 is 2.42 bits per heavy atom. The highest BCUT2D eigenvalue weighted by molar-refractivity contribution is 5.76. The monoisotopic (exact) mass is 162 g/mol. The van der Waals surface area contributed by atoms with E-state index in [9.17, 15) is 4.79 Å². The summed E-state index contributed by atoms with van der Waals surface area (Å²) in [4.78, 5) is 14.2. The number of aryl methyl sites for hydroxylation is 1. The molecule has 3 nitrogen and oxygen atoms in total. The van der Waals surface area contributed by atoms with Crippen LogP contribution in [0.1, 0.15) is 5.56 Å². The van der Waals surface area contributed by atoms with Crippen LogP contribution in [-0.2, 0) is 4.79 Å². The van der Waals surface area contributed by atoms with Crippen molar-refractivity contribution >= 4 is 12.1 Å². The minimum absolute atomic E-state index is 0.311. The van der Waals surface area contributed by atoms with Gasteiger partial charge in [-0.2, -0.15) is 0 Å². The Bertz CT molecular complexity index is 290. The number of allylic oxidation sites excluding steroid dienone is 1. The molecule has 0 aliphatic rings. The Morgan fingerprint density at radius 3 is 2.92 bits per heavy atom. The average Bonchev–Trinajstić information content (AvgIpc) is 2.09. The molecule has 3 heteroatoms. The molecule has 0 aromatic carbocycles. The van der Waals surface area contributed by atoms with Crippen molar-refractivity contribution in [1.29, 1.82) is 0 Å². The van der Waals surface area contributed by atoms with E-state index in [1.54, 1.807) is 12.3 Å². The van der Waals surface area contributed by atoms with E-state index < -0.39 is 0 Å². The first kappa shape index (κ1) is 8.46. The first-order valence-electron chi connectivity index (χ1n) is 3.56. The van der Waals surface area contributed by atoms with Gasteiger partial charge in [-0.25, -0.2) is 4.98 Å². The molecule has 1 aromatic heterocycles. The predicted molar refractivity (Wildman–Crippen MR) is 47.8 cm³/mol. The summed E-state index contributed by atoms with van der Waals surface area (Å²) in [6, 6.07) is 3.71. The molecule has 0 spiro atoms. The van der Waals surface area contributed by atoms with Crippen LogP contribution in [-0.4, -0.2) is 11.3 Å². The molecule has 0 saturated carbocycles. The van der Waals surface area contributed by atoms with E-state index in [1.165, 1.54) is 0 Å². The number of hydrogen-bond acceptors (Lipinski definition) is 3. The molecule has 12 heavy (non-hydrogen) atoms. The fourth-order valence-electron chi connectivity index (χ4n) is 0.736. The third-order valence-electron chi connectivity index (χ3n) is 1.34. The summed E-state index contributed by atoms with van der Waals surface area (Å²) in [5.74, 6) is 0.637. The second-order valence-corrected chi connectivity index (χ2v) is 2.49. The van der Waals surface area contributed by atoms with Gasteiger partial charge in [-0.15, -0.1) is 0 Å². The summed E-state index contributed by atoms with van der Waals surface area (Å²) < 4.78 is 0. The largest absolute Gasteiger partial charge is 0.338 e. The van der Waals surface area contributed by atoms with E-state index in [1.807, 2.05) is 13.0 Å². The molecule has 0 fully saturated rings. The maximum absolute atomic E-state index is 10.2. The fourth-order valence-corrected chi connectivity index (χ4v) is 0.736. The van der Waals surface area contributed by atoms with Crippen molar-refractivity contribution in [2.24, 2.45) is 0 Å². The predicted octanol–water partition coefficient (Wildman–Crippen LogP) is 1.51. The number of carbonyl (C=O) groups excluding carboxylic acids is 1. The van der Waals surface area contributed by atoms with Gasteiger partial charge in [-0.05, 0) is 18.6 Å². The lowest BCUT2D eigenvalue weighted by Crippen LogP contribution is -2.00. The molecule has 0 aliphatic heterocycles. The normalized spacial score (nSPS) is 9.08. The Labute approximate surface area is 71.1 Å². The maximum Gasteiger partial charge on any atom is 0.165 e. The Balaban J connectivity index is 2.71. The number of hydrogen-bond donors (Lipinski definition) is 1. The standard InChI is InChI=1S/C9H10N2O/c1-7-3-4-9(10-5-7)11-8(2)6-12/h3-6H,2H2,1H3,(H,10,11). The Kier molecular flexibility index (Phi) is 2.58. The second-order valence-electron chi connectivity index (χ2n) is 2.49. The SMILES string of the molecule is C=C(C=O)Nc1ccc(C)cn1. The average molecular weight is 162 g/mol. The van der Waals surface area contributed by atoms with Gasteiger partial charge >= 0.3 is 0 Å². The van der Waals surface area contributed by atoms with Crippen LogP contribution in [0.2, 0.25) is 0 Å². The van der Waals surface area contributed by atoms with Crippen LogP contribution in [0.25, 0.3) is 0 Å². The molecule has 0 radical (unpaired) electrons. The van der Waals surface area contributed by atoms with Crippen LogP contribution in [0.3, 0.4) is 0 Å². The van der Waals surface area contributed by atoms with Crippen molar-refractivity contribution < 1.29 is 4.79 Å². The lowest BCUT2D eigenvalue weighted by molar-refractivity contribution is -0.104. The number of nitrogens with one attached hydrogen (secondary N) is 1. The summed E-state index contributed by atoms with van der Waals surface area (Å²) in [5.41, 5.74) is 1.39. The third-order valence-corrected chi connectivity index (χ3v) is 1.34. The van der Waals surface area contributed by atoms with Crippen molar-refractivity contribution in [2.75, 3.05) is 5.32 Å². The zero-order chi connectivity index (χ0) is 8.97. The molecule has 0 saturated heterocycles. The van der Waals surface area contributed by atoms with E-state index in [-0.39, 0.29) is 0 Å². The highest BCUT2D eigenvalue weighted by atomic mass is 16.1. The fraction of sp³-hybridized carbons (Fsp3) is 0.111. The van der Waals surface area contributed by atoms with E-state index in [2.05, 4.69) is 16.9 Å². The first-order chi connectivity index (χ1) is 5.72. The van der Waals surface area contributed by atoms with Gasteiger partial charge in [0.25, 0.3) is 0 Å². The minimum atomic E-state index is 0.311. The van der Waals surface area contributed by atoms with Crippen molar-refractivity contribution in [3.8, 4) is 0 Å². The zero-order valence-corrected chi connectivity index (χ0v) is 6.87. The number of rotatable bonds is 3. The van der Waals surface area contributed by atoms with E-state index in [4.69, 9.17) is 0 Å². The summed E-state index contributed by atoms with van der Waals surface area (Å²) in [7, 11) is 0. The van der Waals surface area contributed by atoms with Gasteiger partial charge in [-0.1, -0.05) is 12.6 Å². The topological polar surface area (TPSA) is 42.0 Å². The molecule has 62 valence electrons. The summed E-state index contributed by atoms with van der Waals surface area (Å²) in [6.07, 6.45) is 2.38. The van der Waals surface area contributed by atoms with Crippen molar-refractivity contribution in [3.63, 3.8) is 0 Å². The molecule has 0 amide bonds. The Hall–Kier alpha value is -1.64. The van der Waals surface area contributed by atoms with E-state index in [0.717, 1.165) is 5.56 Å². The number of aldehydes is 1. The van der Waals surface area contributed by atoms with Crippen LogP contribution in [0.15, 0.2) is 30.6 Å². The lowest BCUT2D eigenvalue weighted by atomic mass is 10.3. The van der Waals surface area contributed by atoms with Crippen molar-refractivity contribution in [1.82, 2.24) is 4.98 Å². The number of carbonyl (C=O) groups is 1. The highest BCUT2D eigenvalue weighted by Crippen LogP contribution is 2.04. The van der Waals surface area contributed by atoms with Gasteiger partial charge in [0, 0.05) is 6.20 Å². The number of pyridine rings is 1. The molecule has 0 unspecified atom stereocenters. The third kappa shape index (κ3) is 2.20. The summed E-state index contributed by atoms with van der Waals surface area (Å²) in [5, 5.41) is 2.75. The molecule has 1 heterocycles. The van der Waals surface area contributed by atoms with Crippen LogP contribution in [0, 0.1) is 6.92 Å². The number of anilines is 1. The number of nitrogens with zero attached hydrogens (tertiary/aromatic N) is 1. The summed E-state index contributed by atoms with van der Waals surface area (Å²) >= 11 is 0. The molecular formula is C9H10N2O. The zero-order valence-electron chi connectivity index (χ0n) is 6.87. The van der Waals surface area contributed by atoms with Gasteiger partial charge in [0.05, 0.1) is 5.70 Å². The molecule has 0 bridgehead atoms. The number of aromatic nitrogens is 1. The summed E-state index contributed by atoms with van der Waals surface area (Å²) in [6.45, 7) is 5.42. The van der Waals surface area contributed by atoms with Gasteiger partial charge in [0.2, 0.25) is 0 Å². The molecule has 0 aliphatic carbocycles. The molecule has 0 atom stereocenters. The van der Waals surface area contributed by atoms with Gasteiger partial charge in [0.15, 0.2) is 6.29 Å². The van der Waals surface area contributed by atoms with Crippen molar-refractivity contribution in [3.05, 3.63) is 36.2 Å². The van der Waals surface area contributed by atoms with Crippen LogP contribution in [0.5, 0.6) is 0 Å². The molecule has 1 aromatic rings. The highest BCUT2D eigenvalue weighted by Gasteiger charge is 1.93. The lowest BCUT2D eigenvalue weighted by Gasteiger charge is -2.01. The van der Waals surface area contributed by atoms with Gasteiger partial charge in [-0.3, -0.25) is 4.79 Å². The molecule has 1 N–H and O–H groups in total. The van der Waals surface area contributed by atoms with Gasteiger partial charge < -0.3 is 5.32 Å². The molecule has 1 rings (SSSR count). The first-order valence-corrected chi connectivity index (χ1v) is 3.56.